The van der Waals surface area contributed by atoms with Gasteiger partial charge in [0.05, 0.1) is 18.9 Å². The summed E-state index contributed by atoms with van der Waals surface area (Å²) >= 11 is 0. The molecule has 0 spiro atoms. The van der Waals surface area contributed by atoms with E-state index < -0.39 is 5.91 Å². The molecule has 1 aliphatic carbocycles. The molecule has 31 heavy (non-hydrogen) atoms. The van der Waals surface area contributed by atoms with Crippen LogP contribution in [0.4, 0.5) is 17.3 Å². The molecule has 2 unspecified atom stereocenters. The number of aromatic nitrogens is 2. The van der Waals surface area contributed by atoms with E-state index in [0.717, 1.165) is 25.7 Å². The summed E-state index contributed by atoms with van der Waals surface area (Å²) in [6.07, 6.45) is 5.57. The van der Waals surface area contributed by atoms with Crippen molar-refractivity contribution in [1.29, 1.82) is 0 Å². The fraction of sp³-hybridized carbons (Fsp3) is 0.429. The number of hydrogen-bond acceptors (Lipinski definition) is 8. The van der Waals surface area contributed by atoms with E-state index in [0.29, 0.717) is 22.8 Å². The summed E-state index contributed by atoms with van der Waals surface area (Å²) in [6.45, 7) is 0. The van der Waals surface area contributed by atoms with Crippen molar-refractivity contribution in [2.24, 2.45) is 11.5 Å². The SMILES string of the molecule is COc1ccc(Nc2nc(NC3CCCCC3N)cnc2C(N)=O)cc1C(=O)N(C)C. The maximum absolute atomic E-state index is 12.5. The highest BCUT2D eigenvalue weighted by atomic mass is 16.5. The van der Waals surface area contributed by atoms with E-state index in [1.165, 1.54) is 18.2 Å². The Morgan fingerprint density at radius 2 is 1.97 bits per heavy atom. The molecule has 10 nitrogen and oxygen atoms in total. The minimum absolute atomic E-state index is 0.00482. The number of ether oxygens (including phenoxy) is 1. The van der Waals surface area contributed by atoms with Crippen molar-refractivity contribution in [3.8, 4) is 5.75 Å². The third-order valence-electron chi connectivity index (χ3n) is 5.26. The number of carbonyl (C=O) groups excluding carboxylic acids is 2. The van der Waals surface area contributed by atoms with Gasteiger partial charge >= 0.3 is 0 Å². The Morgan fingerprint density at radius 3 is 2.61 bits per heavy atom. The number of amides is 2. The Labute approximate surface area is 181 Å². The number of anilines is 3. The van der Waals surface area contributed by atoms with Gasteiger partial charge in [0.2, 0.25) is 0 Å². The van der Waals surface area contributed by atoms with Crippen LogP contribution in [0.1, 0.15) is 46.5 Å². The molecule has 6 N–H and O–H groups in total. The fourth-order valence-corrected chi connectivity index (χ4v) is 3.59. The smallest absolute Gasteiger partial charge is 0.271 e. The van der Waals surface area contributed by atoms with Crippen molar-refractivity contribution >= 4 is 29.1 Å². The molecule has 166 valence electrons. The zero-order chi connectivity index (χ0) is 22.5. The predicted molar refractivity (Wildman–Crippen MR) is 119 cm³/mol. The van der Waals surface area contributed by atoms with E-state index in [1.54, 1.807) is 32.3 Å². The van der Waals surface area contributed by atoms with Crippen LogP contribution in [0.25, 0.3) is 0 Å². The zero-order valence-electron chi connectivity index (χ0n) is 18.0. The fourth-order valence-electron chi connectivity index (χ4n) is 3.59. The molecule has 1 saturated carbocycles. The summed E-state index contributed by atoms with van der Waals surface area (Å²) in [7, 11) is 4.81. The van der Waals surface area contributed by atoms with Crippen molar-refractivity contribution in [2.45, 2.75) is 37.8 Å². The first-order valence-electron chi connectivity index (χ1n) is 10.2. The average molecular weight is 428 g/mol. The summed E-state index contributed by atoms with van der Waals surface area (Å²) in [5.74, 6) is 0.188. The zero-order valence-corrected chi connectivity index (χ0v) is 18.0. The second kappa shape index (κ2) is 9.61. The Kier molecular flexibility index (Phi) is 6.91. The highest BCUT2D eigenvalue weighted by Crippen LogP contribution is 2.27. The number of nitrogens with zero attached hydrogens (tertiary/aromatic N) is 3. The monoisotopic (exact) mass is 427 g/mol. The first kappa shape index (κ1) is 22.3. The van der Waals surface area contributed by atoms with Gasteiger partial charge in [-0.3, -0.25) is 9.59 Å². The highest BCUT2D eigenvalue weighted by molar-refractivity contribution is 5.99. The lowest BCUT2D eigenvalue weighted by atomic mass is 9.91. The molecule has 1 fully saturated rings. The molecule has 0 saturated heterocycles. The minimum Gasteiger partial charge on any atom is -0.496 e. The van der Waals surface area contributed by atoms with Crippen LogP contribution in [0.15, 0.2) is 24.4 Å². The van der Waals surface area contributed by atoms with Gasteiger partial charge in [0.1, 0.15) is 11.6 Å². The summed E-state index contributed by atoms with van der Waals surface area (Å²) in [6, 6.07) is 5.13. The first-order chi connectivity index (χ1) is 14.8. The van der Waals surface area contributed by atoms with E-state index in [1.807, 2.05) is 0 Å². The van der Waals surface area contributed by atoms with Gasteiger partial charge in [-0.15, -0.1) is 0 Å². The lowest BCUT2D eigenvalue weighted by Gasteiger charge is -2.29. The number of benzene rings is 1. The Morgan fingerprint density at radius 1 is 1.23 bits per heavy atom. The highest BCUT2D eigenvalue weighted by Gasteiger charge is 2.23. The molecule has 2 aromatic rings. The second-order valence-corrected chi connectivity index (χ2v) is 7.76. The van der Waals surface area contributed by atoms with Gasteiger partial charge in [-0.25, -0.2) is 9.97 Å². The van der Waals surface area contributed by atoms with Gasteiger partial charge in [-0.05, 0) is 31.0 Å². The van der Waals surface area contributed by atoms with Crippen molar-refractivity contribution < 1.29 is 14.3 Å². The van der Waals surface area contributed by atoms with E-state index in [9.17, 15) is 9.59 Å². The molecular formula is C21H29N7O3. The van der Waals surface area contributed by atoms with Crippen LogP contribution >= 0.6 is 0 Å². The van der Waals surface area contributed by atoms with E-state index in [-0.39, 0.29) is 29.5 Å². The molecule has 1 aromatic heterocycles. The Hall–Kier alpha value is -3.40. The molecule has 2 atom stereocenters. The van der Waals surface area contributed by atoms with Gasteiger partial charge in [0, 0.05) is 31.9 Å². The van der Waals surface area contributed by atoms with Crippen molar-refractivity contribution in [1.82, 2.24) is 14.9 Å². The molecule has 2 amide bonds. The number of rotatable bonds is 7. The van der Waals surface area contributed by atoms with Crippen LogP contribution in [-0.4, -0.2) is 60.0 Å². The molecule has 3 rings (SSSR count). The van der Waals surface area contributed by atoms with Crippen LogP contribution in [0.5, 0.6) is 5.75 Å². The lowest BCUT2D eigenvalue weighted by Crippen LogP contribution is -2.42. The molecule has 0 radical (unpaired) electrons. The third kappa shape index (κ3) is 5.21. The van der Waals surface area contributed by atoms with Crippen molar-refractivity contribution in [3.63, 3.8) is 0 Å². The number of methoxy groups -OCH3 is 1. The molecule has 1 heterocycles. The van der Waals surface area contributed by atoms with Gasteiger partial charge in [-0.2, -0.15) is 0 Å². The van der Waals surface area contributed by atoms with Crippen LogP contribution in [0.3, 0.4) is 0 Å². The summed E-state index contributed by atoms with van der Waals surface area (Å²) in [4.78, 5) is 34.5. The Balaban J connectivity index is 1.91. The molecule has 1 aliphatic rings. The van der Waals surface area contributed by atoms with Crippen LogP contribution in [0.2, 0.25) is 0 Å². The van der Waals surface area contributed by atoms with Gasteiger partial charge < -0.3 is 31.7 Å². The van der Waals surface area contributed by atoms with Crippen molar-refractivity contribution in [3.05, 3.63) is 35.7 Å². The molecule has 1 aromatic carbocycles. The maximum atomic E-state index is 12.5. The minimum atomic E-state index is -0.714. The molecule has 10 heteroatoms. The quantitative estimate of drug-likeness (QED) is 0.522. The first-order valence-corrected chi connectivity index (χ1v) is 10.2. The summed E-state index contributed by atoms with van der Waals surface area (Å²) < 4.78 is 5.30. The van der Waals surface area contributed by atoms with E-state index >= 15 is 0 Å². The topological polar surface area (TPSA) is 148 Å². The molecule has 0 bridgehead atoms. The van der Waals surface area contributed by atoms with E-state index in [4.69, 9.17) is 16.2 Å². The number of nitrogens with two attached hydrogens (primary N) is 2. The number of carbonyl (C=O) groups is 2. The van der Waals surface area contributed by atoms with Crippen molar-refractivity contribution in [2.75, 3.05) is 31.8 Å². The maximum Gasteiger partial charge on any atom is 0.271 e. The van der Waals surface area contributed by atoms with Gasteiger partial charge in [-0.1, -0.05) is 12.8 Å². The number of hydrogen-bond donors (Lipinski definition) is 4. The normalized spacial score (nSPS) is 18.2. The van der Waals surface area contributed by atoms with E-state index in [2.05, 4.69) is 20.6 Å². The summed E-state index contributed by atoms with van der Waals surface area (Å²) in [5, 5.41) is 6.37. The van der Waals surface area contributed by atoms with Crippen LogP contribution in [0, 0.1) is 0 Å². The Bertz CT molecular complexity index is 964. The second-order valence-electron chi connectivity index (χ2n) is 7.76. The lowest BCUT2D eigenvalue weighted by molar-refractivity contribution is 0.0824. The van der Waals surface area contributed by atoms with Gasteiger partial charge in [0.15, 0.2) is 11.5 Å². The summed E-state index contributed by atoms with van der Waals surface area (Å²) in [5.41, 5.74) is 12.6. The number of primary amides is 1. The average Bonchev–Trinajstić information content (AvgIpc) is 2.74. The largest absolute Gasteiger partial charge is 0.496 e. The van der Waals surface area contributed by atoms with Crippen LogP contribution in [-0.2, 0) is 0 Å². The third-order valence-corrected chi connectivity index (χ3v) is 5.26. The van der Waals surface area contributed by atoms with Crippen LogP contribution < -0.4 is 26.8 Å². The molecular weight excluding hydrogens is 398 g/mol. The standard InChI is InChI=1S/C21H29N7O3/c1-28(2)21(30)13-10-12(8-9-16(13)31-3)25-20-18(19(23)29)24-11-17(27-20)26-15-7-5-4-6-14(15)22/h8-11,14-15H,4-7,22H2,1-3H3,(H2,23,29)(H2,25,26,27). The predicted octanol–water partition coefficient (Wildman–Crippen LogP) is 1.71. The van der Waals surface area contributed by atoms with Gasteiger partial charge in [0.25, 0.3) is 11.8 Å². The molecule has 0 aliphatic heterocycles. The number of nitrogens with one attached hydrogen (secondary N) is 2.